The smallest absolute Gasteiger partial charge is 0.00698 e. The molecule has 0 bridgehead atoms. The second kappa shape index (κ2) is 7.71. The fraction of sp³-hybridized carbons (Fsp3) is 0.750. The first-order valence-corrected chi connectivity index (χ1v) is 7.30. The molecular weight excluding hydrogens is 206 g/mol. The second-order valence-corrected chi connectivity index (χ2v) is 5.44. The molecule has 0 radical (unpaired) electrons. The van der Waals surface area contributed by atoms with E-state index in [1.807, 2.05) is 0 Å². The van der Waals surface area contributed by atoms with E-state index in [1.54, 1.807) is 0 Å². The quantitative estimate of drug-likeness (QED) is 0.618. The average molecular weight is 235 g/mol. The lowest BCUT2D eigenvalue weighted by molar-refractivity contribution is 0.222. The predicted octanol–water partition coefficient (Wildman–Crippen LogP) is 4.31. The monoisotopic (exact) mass is 235 g/mol. The summed E-state index contributed by atoms with van der Waals surface area (Å²) in [5.74, 6) is 0.767. The summed E-state index contributed by atoms with van der Waals surface area (Å²) in [6.45, 7) is 9.25. The van der Waals surface area contributed by atoms with Gasteiger partial charge in [0.2, 0.25) is 0 Å². The van der Waals surface area contributed by atoms with Gasteiger partial charge >= 0.3 is 0 Å². The SMILES string of the molecule is CCCCNCC1(C(C)CCC)C=CC=CC1. The van der Waals surface area contributed by atoms with Crippen LogP contribution in [0, 0.1) is 11.3 Å². The van der Waals surface area contributed by atoms with E-state index in [2.05, 4.69) is 50.4 Å². The summed E-state index contributed by atoms with van der Waals surface area (Å²) in [5.41, 5.74) is 0.360. The van der Waals surface area contributed by atoms with Crippen molar-refractivity contribution >= 4 is 0 Å². The fourth-order valence-corrected chi connectivity index (χ4v) is 2.70. The summed E-state index contributed by atoms with van der Waals surface area (Å²) in [6.07, 6.45) is 15.6. The van der Waals surface area contributed by atoms with Crippen molar-refractivity contribution in [3.05, 3.63) is 24.3 Å². The minimum atomic E-state index is 0.360. The lowest BCUT2D eigenvalue weighted by Crippen LogP contribution is -2.38. The van der Waals surface area contributed by atoms with Crippen molar-refractivity contribution < 1.29 is 0 Å². The molecule has 2 atom stereocenters. The highest BCUT2D eigenvalue weighted by Gasteiger charge is 2.32. The number of nitrogens with one attached hydrogen (secondary N) is 1. The lowest BCUT2D eigenvalue weighted by atomic mass is 9.70. The van der Waals surface area contributed by atoms with E-state index in [0.29, 0.717) is 5.41 Å². The van der Waals surface area contributed by atoms with Gasteiger partial charge in [0.05, 0.1) is 0 Å². The molecule has 0 amide bonds. The molecule has 1 aliphatic rings. The third kappa shape index (κ3) is 4.31. The Balaban J connectivity index is 2.53. The van der Waals surface area contributed by atoms with Crippen molar-refractivity contribution in [2.75, 3.05) is 13.1 Å². The van der Waals surface area contributed by atoms with Gasteiger partial charge in [0.15, 0.2) is 0 Å². The maximum atomic E-state index is 3.65. The van der Waals surface area contributed by atoms with E-state index in [-0.39, 0.29) is 0 Å². The van der Waals surface area contributed by atoms with Gasteiger partial charge in [-0.1, -0.05) is 64.3 Å². The fourth-order valence-electron chi connectivity index (χ4n) is 2.70. The van der Waals surface area contributed by atoms with Gasteiger partial charge in [-0.15, -0.1) is 0 Å². The van der Waals surface area contributed by atoms with Crippen LogP contribution in [0.5, 0.6) is 0 Å². The molecule has 1 rings (SSSR count). The van der Waals surface area contributed by atoms with Crippen LogP contribution in [0.15, 0.2) is 24.3 Å². The van der Waals surface area contributed by atoms with E-state index >= 15 is 0 Å². The van der Waals surface area contributed by atoms with Crippen molar-refractivity contribution in [3.8, 4) is 0 Å². The Labute approximate surface area is 107 Å². The van der Waals surface area contributed by atoms with Gasteiger partial charge in [-0.05, 0) is 25.3 Å². The van der Waals surface area contributed by atoms with Gasteiger partial charge in [-0.25, -0.2) is 0 Å². The minimum absolute atomic E-state index is 0.360. The van der Waals surface area contributed by atoms with Crippen LogP contribution in [0.4, 0.5) is 0 Å². The van der Waals surface area contributed by atoms with Gasteiger partial charge in [-0.2, -0.15) is 0 Å². The zero-order valence-corrected chi connectivity index (χ0v) is 11.8. The molecule has 0 fully saturated rings. The summed E-state index contributed by atoms with van der Waals surface area (Å²) < 4.78 is 0. The lowest BCUT2D eigenvalue weighted by Gasteiger charge is -2.37. The molecule has 0 heterocycles. The Morgan fingerprint density at radius 1 is 1.24 bits per heavy atom. The maximum Gasteiger partial charge on any atom is 0.00698 e. The zero-order chi connectivity index (χ0) is 12.6. The van der Waals surface area contributed by atoms with Gasteiger partial charge in [0.25, 0.3) is 0 Å². The van der Waals surface area contributed by atoms with E-state index in [4.69, 9.17) is 0 Å². The molecule has 0 saturated heterocycles. The Morgan fingerprint density at radius 2 is 2.06 bits per heavy atom. The predicted molar refractivity (Wildman–Crippen MR) is 77.2 cm³/mol. The first kappa shape index (κ1) is 14.5. The van der Waals surface area contributed by atoms with Crippen molar-refractivity contribution in [3.63, 3.8) is 0 Å². The van der Waals surface area contributed by atoms with Gasteiger partial charge < -0.3 is 5.32 Å². The van der Waals surface area contributed by atoms with Crippen molar-refractivity contribution in [1.29, 1.82) is 0 Å². The molecule has 0 aromatic carbocycles. The van der Waals surface area contributed by atoms with Gasteiger partial charge in [-0.3, -0.25) is 0 Å². The summed E-state index contributed by atoms with van der Waals surface area (Å²) in [7, 11) is 0. The number of rotatable bonds is 8. The number of hydrogen-bond acceptors (Lipinski definition) is 1. The largest absolute Gasteiger partial charge is 0.316 e. The Bertz CT molecular complexity index is 254. The maximum absolute atomic E-state index is 3.65. The van der Waals surface area contributed by atoms with Crippen LogP contribution >= 0.6 is 0 Å². The average Bonchev–Trinajstić information content (AvgIpc) is 2.36. The topological polar surface area (TPSA) is 12.0 Å². The molecule has 1 N–H and O–H groups in total. The van der Waals surface area contributed by atoms with E-state index in [9.17, 15) is 0 Å². The number of hydrogen-bond donors (Lipinski definition) is 1. The summed E-state index contributed by atoms with van der Waals surface area (Å²) in [6, 6.07) is 0. The molecule has 1 nitrogen and oxygen atoms in total. The van der Waals surface area contributed by atoms with Crippen LogP contribution < -0.4 is 5.32 Å². The molecule has 0 aromatic heterocycles. The molecule has 0 aliphatic heterocycles. The third-order valence-electron chi connectivity index (χ3n) is 4.04. The summed E-state index contributed by atoms with van der Waals surface area (Å²) >= 11 is 0. The number of allylic oxidation sites excluding steroid dienone is 3. The highest BCUT2D eigenvalue weighted by Crippen LogP contribution is 2.38. The van der Waals surface area contributed by atoms with Crippen LogP contribution in [-0.4, -0.2) is 13.1 Å². The molecule has 2 unspecified atom stereocenters. The van der Waals surface area contributed by atoms with E-state index in [1.165, 1.54) is 32.1 Å². The Hall–Kier alpha value is -0.560. The van der Waals surface area contributed by atoms with Crippen LogP contribution in [0.2, 0.25) is 0 Å². The minimum Gasteiger partial charge on any atom is -0.316 e. The third-order valence-corrected chi connectivity index (χ3v) is 4.04. The van der Waals surface area contributed by atoms with Gasteiger partial charge in [0.1, 0.15) is 0 Å². The first-order valence-electron chi connectivity index (χ1n) is 7.30. The van der Waals surface area contributed by atoms with Gasteiger partial charge in [0, 0.05) is 12.0 Å². The summed E-state index contributed by atoms with van der Waals surface area (Å²) in [5, 5.41) is 3.65. The molecule has 98 valence electrons. The van der Waals surface area contributed by atoms with Crippen LogP contribution in [0.1, 0.15) is 52.9 Å². The molecule has 17 heavy (non-hydrogen) atoms. The highest BCUT2D eigenvalue weighted by molar-refractivity contribution is 5.18. The Kier molecular flexibility index (Phi) is 6.57. The molecule has 0 aromatic rings. The van der Waals surface area contributed by atoms with E-state index < -0.39 is 0 Å². The van der Waals surface area contributed by atoms with E-state index in [0.717, 1.165) is 19.0 Å². The summed E-state index contributed by atoms with van der Waals surface area (Å²) in [4.78, 5) is 0. The Morgan fingerprint density at radius 3 is 2.65 bits per heavy atom. The van der Waals surface area contributed by atoms with Crippen LogP contribution in [0.3, 0.4) is 0 Å². The van der Waals surface area contributed by atoms with Crippen molar-refractivity contribution in [1.82, 2.24) is 5.32 Å². The molecule has 1 heteroatoms. The van der Waals surface area contributed by atoms with Crippen molar-refractivity contribution in [2.24, 2.45) is 11.3 Å². The van der Waals surface area contributed by atoms with Crippen LogP contribution in [-0.2, 0) is 0 Å². The molecule has 0 spiro atoms. The second-order valence-electron chi connectivity index (χ2n) is 5.44. The van der Waals surface area contributed by atoms with Crippen LogP contribution in [0.25, 0.3) is 0 Å². The molecule has 1 aliphatic carbocycles. The highest BCUT2D eigenvalue weighted by atomic mass is 14.9. The van der Waals surface area contributed by atoms with Crippen molar-refractivity contribution in [2.45, 2.75) is 52.9 Å². The molecule has 0 saturated carbocycles. The zero-order valence-electron chi connectivity index (χ0n) is 11.8. The molecular formula is C16H29N. The number of unbranched alkanes of at least 4 members (excludes halogenated alkanes) is 1. The normalized spacial score (nSPS) is 25.1. The first-order chi connectivity index (χ1) is 8.25. The standard InChI is InChI=1S/C16H29N/c1-4-6-13-17-14-16(15(3)10-5-2)11-8-7-9-12-16/h7-9,11,15,17H,4-6,10,12-14H2,1-3H3.